The molecule has 0 aliphatic heterocycles. The van der Waals surface area contributed by atoms with Gasteiger partial charge in [-0.15, -0.1) is 11.6 Å². The van der Waals surface area contributed by atoms with Crippen LogP contribution in [-0.2, 0) is 0 Å². The zero-order chi connectivity index (χ0) is 6.62. The third-order valence-corrected chi connectivity index (χ3v) is 1.62. The fraction of sp³-hybridized carbons (Fsp3) is 0.500. The number of halogens is 4. The highest BCUT2D eigenvalue weighted by Crippen LogP contribution is 2.20. The van der Waals surface area contributed by atoms with Crippen molar-refractivity contribution in [1.29, 1.82) is 0 Å². The zero-order valence-corrected chi connectivity index (χ0v) is 6.74. The molecule has 0 atom stereocenters. The maximum Gasteiger partial charge on any atom is 0.192 e. The van der Waals surface area contributed by atoms with Crippen LogP contribution >= 0.6 is 46.4 Å². The molecule has 4 heteroatoms. The van der Waals surface area contributed by atoms with Crippen LogP contribution in [-0.4, -0.2) is 10.2 Å². The van der Waals surface area contributed by atoms with Gasteiger partial charge in [-0.25, -0.2) is 0 Å². The topological polar surface area (TPSA) is 0 Å². The molecule has 0 aliphatic rings. The van der Waals surface area contributed by atoms with E-state index in [-0.39, 0.29) is 5.88 Å². The van der Waals surface area contributed by atoms with Gasteiger partial charge >= 0.3 is 0 Å². The third kappa shape index (κ3) is 3.69. The first-order chi connectivity index (χ1) is 3.62. The second-order valence-corrected chi connectivity index (χ2v) is 3.00. The van der Waals surface area contributed by atoms with Crippen LogP contribution < -0.4 is 0 Å². The highest BCUT2D eigenvalue weighted by Gasteiger charge is 2.17. The van der Waals surface area contributed by atoms with Crippen molar-refractivity contribution in [2.45, 2.75) is 4.33 Å². The molecular weight excluding hydrogens is 190 g/mol. The van der Waals surface area contributed by atoms with Crippen LogP contribution in [0.15, 0.2) is 0 Å². The second-order valence-electron chi connectivity index (χ2n) is 1.06. The van der Waals surface area contributed by atoms with Crippen LogP contribution in [0.4, 0.5) is 0 Å². The van der Waals surface area contributed by atoms with Crippen LogP contribution in [0, 0.1) is 11.3 Å². The van der Waals surface area contributed by atoms with Gasteiger partial charge in [0.05, 0.1) is 5.88 Å². The van der Waals surface area contributed by atoms with Gasteiger partial charge in [0.1, 0.15) is 0 Å². The summed E-state index contributed by atoms with van der Waals surface area (Å²) in [6, 6.07) is 0. The summed E-state index contributed by atoms with van der Waals surface area (Å²) in [5.74, 6) is 2.34. The molecule has 0 heterocycles. The van der Waals surface area contributed by atoms with Gasteiger partial charge < -0.3 is 0 Å². The van der Waals surface area contributed by atoms with E-state index < -0.39 is 4.33 Å². The summed E-state index contributed by atoms with van der Waals surface area (Å²) < 4.78 is -1.19. The molecule has 0 fully saturated rings. The van der Waals surface area contributed by atoms with Gasteiger partial charge in [0.25, 0.3) is 0 Å². The van der Waals surface area contributed by atoms with Crippen LogP contribution in [0.1, 0.15) is 0 Å². The Bertz CT molecular complexity index is 118. The number of rotatable bonds is 1. The molecule has 0 spiro atoms. The largest absolute Gasteiger partial charge is 0.192 e. The molecule has 0 aromatic carbocycles. The predicted molar refractivity (Wildman–Crippen MR) is 38.8 cm³/mol. The molecule has 0 aromatic heterocycles. The minimum atomic E-state index is -1.19. The van der Waals surface area contributed by atoms with E-state index in [0.717, 1.165) is 0 Å². The normalized spacial score (nSPS) is 10.0. The summed E-state index contributed by atoms with van der Waals surface area (Å²) in [6.07, 6.45) is 0. The molecule has 0 unspecified atom stereocenters. The van der Waals surface area contributed by atoms with E-state index in [1.54, 1.807) is 0 Å². The molecule has 8 heavy (non-hydrogen) atoms. The summed E-state index contributed by atoms with van der Waals surface area (Å²) >= 11 is 21.0. The average molecular weight is 192 g/mol. The van der Waals surface area contributed by atoms with Crippen LogP contribution in [0.25, 0.3) is 0 Å². The Labute approximate surface area is 68.0 Å². The van der Waals surface area contributed by atoms with E-state index in [1.165, 1.54) is 0 Å². The van der Waals surface area contributed by atoms with E-state index in [9.17, 15) is 0 Å². The Morgan fingerprint density at radius 1 is 1.38 bits per heavy atom. The van der Waals surface area contributed by atoms with Gasteiger partial charge in [-0.2, -0.15) is 0 Å². The van der Waals surface area contributed by atoms with Crippen molar-refractivity contribution in [3.63, 3.8) is 0 Å². The second kappa shape index (κ2) is 3.69. The zero-order valence-electron chi connectivity index (χ0n) is 3.72. The van der Waals surface area contributed by atoms with Crippen LogP contribution in [0.5, 0.6) is 0 Å². The fourth-order valence-corrected chi connectivity index (χ4v) is 0.522. The van der Waals surface area contributed by atoms with Crippen molar-refractivity contribution in [3.8, 4) is 11.3 Å². The predicted octanol–water partition coefficient (Wildman–Crippen LogP) is 2.60. The molecule has 0 amide bonds. The molecule has 0 bridgehead atoms. The minimum Gasteiger partial charge on any atom is -0.122 e. The first-order valence-corrected chi connectivity index (χ1v) is 3.36. The van der Waals surface area contributed by atoms with Gasteiger partial charge in [-0.1, -0.05) is 23.2 Å². The van der Waals surface area contributed by atoms with Crippen molar-refractivity contribution in [2.75, 3.05) is 5.88 Å². The number of alkyl halides is 3. The molecule has 0 rings (SSSR count). The molecule has 0 saturated heterocycles. The highest BCUT2D eigenvalue weighted by molar-refractivity contribution is 6.54. The lowest BCUT2D eigenvalue weighted by molar-refractivity contribution is 1.18. The van der Waals surface area contributed by atoms with Crippen LogP contribution in [0.3, 0.4) is 0 Å². The summed E-state index contributed by atoms with van der Waals surface area (Å²) in [7, 11) is 0. The molecule has 0 aliphatic carbocycles. The molecule has 46 valence electrons. The van der Waals surface area contributed by atoms with Gasteiger partial charge in [0.2, 0.25) is 0 Å². The van der Waals surface area contributed by atoms with Gasteiger partial charge in [0, 0.05) is 5.38 Å². The smallest absolute Gasteiger partial charge is 0.122 e. The third-order valence-electron chi connectivity index (χ3n) is 0.398. The molecule has 0 N–H and O–H groups in total. The molecule has 0 nitrogen and oxygen atoms in total. The van der Waals surface area contributed by atoms with Crippen molar-refractivity contribution in [2.24, 2.45) is 0 Å². The molecule has 0 radical (unpaired) electrons. The Balaban J connectivity index is 3.85. The lowest BCUT2D eigenvalue weighted by Crippen LogP contribution is -2.10. The SMILES string of the molecule is ClC#CC(Cl)(Cl)CCl. The summed E-state index contributed by atoms with van der Waals surface area (Å²) in [5.41, 5.74) is 0. The van der Waals surface area contributed by atoms with Gasteiger partial charge in [0.15, 0.2) is 4.33 Å². The van der Waals surface area contributed by atoms with Crippen molar-refractivity contribution >= 4 is 46.4 Å². The van der Waals surface area contributed by atoms with E-state index >= 15 is 0 Å². The summed E-state index contributed by atoms with van der Waals surface area (Å²) in [6.45, 7) is 0. The summed E-state index contributed by atoms with van der Waals surface area (Å²) in [4.78, 5) is 0. The van der Waals surface area contributed by atoms with Crippen molar-refractivity contribution in [1.82, 2.24) is 0 Å². The van der Waals surface area contributed by atoms with Crippen molar-refractivity contribution < 1.29 is 0 Å². The fourth-order valence-electron chi connectivity index (χ4n) is 0.103. The lowest BCUT2D eigenvalue weighted by atomic mass is 10.5. The quantitative estimate of drug-likeness (QED) is 0.442. The van der Waals surface area contributed by atoms with E-state index in [1.807, 2.05) is 5.38 Å². The molecule has 0 aromatic rings. The standard InChI is InChI=1S/C4H2Cl4/c5-2-1-4(7,8)3-6/h3H2. The summed E-state index contributed by atoms with van der Waals surface area (Å²) in [5, 5.41) is 2.03. The van der Waals surface area contributed by atoms with Crippen LogP contribution in [0.2, 0.25) is 0 Å². The van der Waals surface area contributed by atoms with Crippen molar-refractivity contribution in [3.05, 3.63) is 0 Å². The van der Waals surface area contributed by atoms with E-state index in [4.69, 9.17) is 46.4 Å². The maximum atomic E-state index is 5.40. The maximum absolute atomic E-state index is 5.40. The Kier molecular flexibility index (Phi) is 4.02. The first-order valence-electron chi connectivity index (χ1n) is 1.69. The highest BCUT2D eigenvalue weighted by atomic mass is 35.5. The Morgan fingerprint density at radius 3 is 2.00 bits per heavy atom. The monoisotopic (exact) mass is 190 g/mol. The van der Waals surface area contributed by atoms with E-state index in [0.29, 0.717) is 0 Å². The first kappa shape index (κ1) is 8.72. The minimum absolute atomic E-state index is 0.0514. The van der Waals surface area contributed by atoms with Gasteiger partial charge in [-0.3, -0.25) is 0 Å². The Hall–Kier alpha value is 0.720. The average Bonchev–Trinajstić information content (AvgIpc) is 1.67. The van der Waals surface area contributed by atoms with Gasteiger partial charge in [-0.05, 0) is 17.5 Å². The number of hydrogen-bond donors (Lipinski definition) is 0. The van der Waals surface area contributed by atoms with E-state index in [2.05, 4.69) is 5.92 Å². The molecular formula is C4H2Cl4. The number of hydrogen-bond acceptors (Lipinski definition) is 0. The Morgan fingerprint density at radius 2 is 1.88 bits per heavy atom. The molecule has 0 saturated carbocycles. The lowest BCUT2D eigenvalue weighted by Gasteiger charge is -2.03.